The van der Waals surface area contributed by atoms with Crippen LogP contribution >= 0.6 is 28.6 Å². The van der Waals surface area contributed by atoms with Crippen LogP contribution in [0.15, 0.2) is 17.0 Å². The number of thiol groups is 1. The zero-order valence-corrected chi connectivity index (χ0v) is 10.2. The van der Waals surface area contributed by atoms with Gasteiger partial charge >= 0.3 is 5.97 Å². The van der Waals surface area contributed by atoms with E-state index < -0.39 is 5.97 Å². The lowest BCUT2D eigenvalue weighted by atomic mass is 10.00. The number of carboxylic acid groups (broad SMARTS) is 1. The van der Waals surface area contributed by atoms with E-state index in [2.05, 4.69) is 28.6 Å². The van der Waals surface area contributed by atoms with Crippen molar-refractivity contribution in [3.8, 4) is 6.07 Å². The average molecular weight is 286 g/mol. The highest BCUT2D eigenvalue weighted by Crippen LogP contribution is 2.22. The van der Waals surface area contributed by atoms with Crippen LogP contribution in [0.25, 0.3) is 0 Å². The Labute approximate surface area is 101 Å². The lowest BCUT2D eigenvalue weighted by Gasteiger charge is -2.08. The van der Waals surface area contributed by atoms with Crippen molar-refractivity contribution >= 4 is 34.5 Å². The number of halogens is 1. The predicted octanol–water partition coefficient (Wildman–Crippen LogP) is 2.37. The Bertz CT molecular complexity index is 440. The fourth-order valence-corrected chi connectivity index (χ4v) is 2.08. The summed E-state index contributed by atoms with van der Waals surface area (Å²) in [4.78, 5) is 11.3. The zero-order chi connectivity index (χ0) is 11.4. The molecule has 3 nitrogen and oxygen atoms in total. The molecule has 0 aliphatic rings. The van der Waals surface area contributed by atoms with E-state index in [9.17, 15) is 4.79 Å². The maximum Gasteiger partial charge on any atom is 0.307 e. The van der Waals surface area contributed by atoms with Crippen LogP contribution in [0.4, 0.5) is 0 Å². The van der Waals surface area contributed by atoms with Crippen molar-refractivity contribution in [3.63, 3.8) is 0 Å². The van der Waals surface area contributed by atoms with Crippen LogP contribution in [-0.2, 0) is 16.5 Å². The molecule has 0 aliphatic carbocycles. The van der Waals surface area contributed by atoms with Crippen LogP contribution in [0.3, 0.4) is 0 Å². The number of carboxylic acids is 1. The molecule has 0 radical (unpaired) electrons. The lowest BCUT2D eigenvalue weighted by molar-refractivity contribution is -0.136. The monoisotopic (exact) mass is 285 g/mol. The first-order valence-electron chi connectivity index (χ1n) is 4.11. The number of carbonyl (C=O) groups is 1. The van der Waals surface area contributed by atoms with Gasteiger partial charge in [0.25, 0.3) is 0 Å². The van der Waals surface area contributed by atoms with Gasteiger partial charge in [0.05, 0.1) is 18.1 Å². The second-order valence-electron chi connectivity index (χ2n) is 2.95. The summed E-state index contributed by atoms with van der Waals surface area (Å²) in [6.45, 7) is 0. The van der Waals surface area contributed by atoms with Crippen LogP contribution in [0.1, 0.15) is 16.7 Å². The van der Waals surface area contributed by atoms with Crippen molar-refractivity contribution < 1.29 is 9.90 Å². The molecule has 0 fully saturated rings. The number of nitrogens with zero attached hydrogens (tertiary/aromatic N) is 1. The minimum Gasteiger partial charge on any atom is -0.481 e. The van der Waals surface area contributed by atoms with Gasteiger partial charge in [0, 0.05) is 10.2 Å². The van der Waals surface area contributed by atoms with Crippen molar-refractivity contribution in [3.05, 3.63) is 28.8 Å². The standard InChI is InChI=1S/C10H8BrNO2S/c11-4-6-1-8(15)2-7(5-12)9(6)3-10(13)14/h1-2,15H,3-4H2,(H,13,14). The molecule has 0 heterocycles. The Morgan fingerprint density at radius 1 is 1.60 bits per heavy atom. The minimum atomic E-state index is -0.944. The number of benzene rings is 1. The Morgan fingerprint density at radius 2 is 2.27 bits per heavy atom. The normalized spacial score (nSPS) is 9.67. The van der Waals surface area contributed by atoms with Gasteiger partial charge in [0.15, 0.2) is 0 Å². The SMILES string of the molecule is N#Cc1cc(S)cc(CBr)c1CC(=O)O. The van der Waals surface area contributed by atoms with E-state index in [1.807, 2.05) is 6.07 Å². The topological polar surface area (TPSA) is 61.1 Å². The number of nitriles is 1. The van der Waals surface area contributed by atoms with E-state index in [1.165, 1.54) is 0 Å². The molecule has 1 aromatic carbocycles. The summed E-state index contributed by atoms with van der Waals surface area (Å²) in [6.07, 6.45) is -0.141. The van der Waals surface area contributed by atoms with Gasteiger partial charge in [-0.25, -0.2) is 0 Å². The fourth-order valence-electron chi connectivity index (χ4n) is 1.29. The Balaban J connectivity index is 3.31. The van der Waals surface area contributed by atoms with E-state index in [4.69, 9.17) is 10.4 Å². The minimum absolute atomic E-state index is 0.141. The molecule has 0 spiro atoms. The smallest absolute Gasteiger partial charge is 0.307 e. The van der Waals surface area contributed by atoms with E-state index in [0.717, 1.165) is 5.56 Å². The lowest BCUT2D eigenvalue weighted by Crippen LogP contribution is -2.05. The van der Waals surface area contributed by atoms with Crippen LogP contribution in [0.2, 0.25) is 0 Å². The summed E-state index contributed by atoms with van der Waals surface area (Å²) < 4.78 is 0. The average Bonchev–Trinajstić information content (AvgIpc) is 2.19. The van der Waals surface area contributed by atoms with Crippen molar-refractivity contribution in [2.75, 3.05) is 0 Å². The summed E-state index contributed by atoms with van der Waals surface area (Å²) in [5, 5.41) is 18.1. The third-order valence-corrected chi connectivity index (χ3v) is 2.78. The van der Waals surface area contributed by atoms with Gasteiger partial charge in [-0.15, -0.1) is 12.6 Å². The van der Waals surface area contributed by atoms with E-state index in [-0.39, 0.29) is 6.42 Å². The zero-order valence-electron chi connectivity index (χ0n) is 7.70. The highest BCUT2D eigenvalue weighted by atomic mass is 79.9. The molecule has 0 saturated carbocycles. The molecule has 0 amide bonds. The van der Waals surface area contributed by atoms with Crippen LogP contribution < -0.4 is 0 Å². The summed E-state index contributed by atoms with van der Waals surface area (Å²) in [5.74, 6) is -0.944. The Kier molecular flexibility index (Phi) is 4.18. The first kappa shape index (κ1) is 12.1. The molecule has 15 heavy (non-hydrogen) atoms. The number of aliphatic carboxylic acids is 1. The summed E-state index contributed by atoms with van der Waals surface area (Å²) >= 11 is 7.41. The van der Waals surface area contributed by atoms with Gasteiger partial charge in [-0.1, -0.05) is 15.9 Å². The summed E-state index contributed by atoms with van der Waals surface area (Å²) in [5.41, 5.74) is 1.72. The Hall–Kier alpha value is -0.990. The Morgan fingerprint density at radius 3 is 2.73 bits per heavy atom. The maximum atomic E-state index is 10.6. The third kappa shape index (κ3) is 2.98. The molecule has 1 aromatic rings. The third-order valence-electron chi connectivity index (χ3n) is 1.92. The van der Waals surface area contributed by atoms with Gasteiger partial charge < -0.3 is 5.11 Å². The first-order chi connectivity index (χ1) is 7.08. The molecule has 1 N–H and O–H groups in total. The molecule has 0 bridgehead atoms. The van der Waals surface area contributed by atoms with Crippen LogP contribution in [0, 0.1) is 11.3 Å². The molecule has 0 unspecified atom stereocenters. The fraction of sp³-hybridized carbons (Fsp3) is 0.200. The molecule has 5 heteroatoms. The van der Waals surface area contributed by atoms with Crippen LogP contribution in [-0.4, -0.2) is 11.1 Å². The molecule has 0 atom stereocenters. The highest BCUT2D eigenvalue weighted by molar-refractivity contribution is 9.08. The molecule has 78 valence electrons. The number of rotatable bonds is 3. The second kappa shape index (κ2) is 5.19. The second-order valence-corrected chi connectivity index (χ2v) is 4.02. The van der Waals surface area contributed by atoms with Crippen molar-refractivity contribution in [2.24, 2.45) is 0 Å². The number of alkyl halides is 1. The largest absolute Gasteiger partial charge is 0.481 e. The molecular formula is C10H8BrNO2S. The first-order valence-corrected chi connectivity index (χ1v) is 5.68. The maximum absolute atomic E-state index is 10.6. The number of hydrogen-bond acceptors (Lipinski definition) is 3. The van der Waals surface area contributed by atoms with E-state index in [0.29, 0.717) is 21.4 Å². The van der Waals surface area contributed by atoms with E-state index >= 15 is 0 Å². The van der Waals surface area contributed by atoms with E-state index in [1.54, 1.807) is 12.1 Å². The van der Waals surface area contributed by atoms with Gasteiger partial charge in [0.1, 0.15) is 0 Å². The predicted molar refractivity (Wildman–Crippen MR) is 62.4 cm³/mol. The quantitative estimate of drug-likeness (QED) is 0.662. The molecule has 0 aliphatic heterocycles. The van der Waals surface area contributed by atoms with Crippen molar-refractivity contribution in [1.82, 2.24) is 0 Å². The van der Waals surface area contributed by atoms with Gasteiger partial charge in [-0.3, -0.25) is 4.79 Å². The van der Waals surface area contributed by atoms with Gasteiger partial charge in [-0.05, 0) is 23.3 Å². The summed E-state index contributed by atoms with van der Waals surface area (Å²) in [6, 6.07) is 5.32. The molecule has 0 aromatic heterocycles. The summed E-state index contributed by atoms with van der Waals surface area (Å²) in [7, 11) is 0. The molecule has 1 rings (SSSR count). The molecule has 0 saturated heterocycles. The molecular weight excluding hydrogens is 278 g/mol. The highest BCUT2D eigenvalue weighted by Gasteiger charge is 2.12. The van der Waals surface area contributed by atoms with Gasteiger partial charge in [0.2, 0.25) is 0 Å². The van der Waals surface area contributed by atoms with Crippen molar-refractivity contribution in [1.29, 1.82) is 5.26 Å². The number of hydrogen-bond donors (Lipinski definition) is 2. The van der Waals surface area contributed by atoms with Crippen molar-refractivity contribution in [2.45, 2.75) is 16.6 Å². The van der Waals surface area contributed by atoms with Crippen LogP contribution in [0.5, 0.6) is 0 Å². The van der Waals surface area contributed by atoms with Gasteiger partial charge in [-0.2, -0.15) is 5.26 Å².